The van der Waals surface area contributed by atoms with Crippen LogP contribution in [0.3, 0.4) is 0 Å². The van der Waals surface area contributed by atoms with Crippen LogP contribution >= 0.6 is 12.2 Å². The fourth-order valence-electron chi connectivity index (χ4n) is 1.89. The van der Waals surface area contributed by atoms with E-state index in [0.717, 1.165) is 5.56 Å². The van der Waals surface area contributed by atoms with Gasteiger partial charge in [0, 0.05) is 0 Å². The second-order valence-corrected chi connectivity index (χ2v) is 5.29. The van der Waals surface area contributed by atoms with E-state index < -0.39 is 5.92 Å². The minimum atomic E-state index is -0.486. The van der Waals surface area contributed by atoms with Gasteiger partial charge in [-0.05, 0) is 30.5 Å². The van der Waals surface area contributed by atoms with Crippen molar-refractivity contribution in [2.45, 2.75) is 20.8 Å². The minimum absolute atomic E-state index is 0.0494. The summed E-state index contributed by atoms with van der Waals surface area (Å²) in [6.45, 7) is 5.77. The predicted octanol–water partition coefficient (Wildman–Crippen LogP) is 2.50. The second-order valence-electron chi connectivity index (χ2n) is 4.82. The molecule has 104 valence electrons. The van der Waals surface area contributed by atoms with Gasteiger partial charge in [0.1, 0.15) is 5.75 Å². The van der Waals surface area contributed by atoms with Crippen molar-refractivity contribution < 1.29 is 9.53 Å². The molecule has 1 unspecified atom stereocenters. The predicted molar refractivity (Wildman–Crippen MR) is 81.5 cm³/mol. The number of amides is 1. The summed E-state index contributed by atoms with van der Waals surface area (Å²) in [6.07, 6.45) is 0. The Bertz CT molecular complexity index is 486. The molecule has 1 aromatic rings. The Morgan fingerprint density at radius 3 is 2.53 bits per heavy atom. The number of hydrogen-bond acceptors (Lipinski definition) is 3. The molecule has 4 nitrogen and oxygen atoms in total. The molecular formula is C14H20N2O2S. The van der Waals surface area contributed by atoms with E-state index >= 15 is 0 Å². The highest BCUT2D eigenvalue weighted by molar-refractivity contribution is 7.80. The number of carbonyl (C=O) groups is 1. The fraction of sp³-hybridized carbons (Fsp3) is 0.429. The maximum Gasteiger partial charge on any atom is 0.234 e. The van der Waals surface area contributed by atoms with Gasteiger partial charge in [0.25, 0.3) is 0 Å². The number of thiocarbonyl (C=S) groups is 1. The quantitative estimate of drug-likeness (QED) is 0.813. The lowest BCUT2D eigenvalue weighted by atomic mass is 9.95. The SMILES string of the molecule is COc1ccc(C)cc1NC(=O)C(C(N)=S)C(C)C. The van der Waals surface area contributed by atoms with Gasteiger partial charge in [0.2, 0.25) is 5.91 Å². The molecular weight excluding hydrogens is 260 g/mol. The van der Waals surface area contributed by atoms with Crippen molar-refractivity contribution in [3.8, 4) is 5.75 Å². The fourth-order valence-corrected chi connectivity index (χ4v) is 2.27. The van der Waals surface area contributed by atoms with E-state index in [1.165, 1.54) is 0 Å². The summed E-state index contributed by atoms with van der Waals surface area (Å²) in [6, 6.07) is 5.59. The summed E-state index contributed by atoms with van der Waals surface area (Å²) in [5.74, 6) is -0.0238. The normalized spacial score (nSPS) is 12.1. The Balaban J connectivity index is 2.98. The van der Waals surface area contributed by atoms with Gasteiger partial charge in [-0.1, -0.05) is 32.1 Å². The van der Waals surface area contributed by atoms with Crippen LogP contribution in [-0.4, -0.2) is 18.0 Å². The molecule has 0 aliphatic heterocycles. The third-order valence-corrected chi connectivity index (χ3v) is 3.12. The van der Waals surface area contributed by atoms with Gasteiger partial charge in [0.05, 0.1) is 23.7 Å². The number of anilines is 1. The van der Waals surface area contributed by atoms with Gasteiger partial charge in [-0.2, -0.15) is 0 Å². The monoisotopic (exact) mass is 280 g/mol. The van der Waals surface area contributed by atoms with E-state index in [2.05, 4.69) is 5.32 Å². The van der Waals surface area contributed by atoms with Crippen LogP contribution in [-0.2, 0) is 4.79 Å². The van der Waals surface area contributed by atoms with E-state index in [0.29, 0.717) is 11.4 Å². The molecule has 1 aromatic carbocycles. The van der Waals surface area contributed by atoms with Gasteiger partial charge in [0.15, 0.2) is 0 Å². The summed E-state index contributed by atoms with van der Waals surface area (Å²) in [5, 5.41) is 2.83. The van der Waals surface area contributed by atoms with Crippen molar-refractivity contribution in [2.75, 3.05) is 12.4 Å². The third kappa shape index (κ3) is 3.92. The minimum Gasteiger partial charge on any atom is -0.495 e. The molecule has 3 N–H and O–H groups in total. The van der Waals surface area contributed by atoms with Crippen molar-refractivity contribution in [3.63, 3.8) is 0 Å². The zero-order valence-electron chi connectivity index (χ0n) is 11.7. The molecule has 1 amide bonds. The highest BCUT2D eigenvalue weighted by atomic mass is 32.1. The molecule has 1 rings (SSSR count). The Kier molecular flexibility index (Phi) is 5.30. The number of carbonyl (C=O) groups excluding carboxylic acids is 1. The largest absolute Gasteiger partial charge is 0.495 e. The van der Waals surface area contributed by atoms with Crippen LogP contribution in [0.15, 0.2) is 18.2 Å². The number of ether oxygens (including phenoxy) is 1. The number of methoxy groups -OCH3 is 1. The average molecular weight is 280 g/mol. The number of rotatable bonds is 5. The van der Waals surface area contributed by atoms with Gasteiger partial charge in [-0.3, -0.25) is 4.79 Å². The highest BCUT2D eigenvalue weighted by Crippen LogP contribution is 2.26. The van der Waals surface area contributed by atoms with Gasteiger partial charge >= 0.3 is 0 Å². The standard InChI is InChI=1S/C14H20N2O2S/c1-8(2)12(13(15)19)14(17)16-10-7-9(3)5-6-11(10)18-4/h5-8,12H,1-4H3,(H2,15,19)(H,16,17). The first-order valence-corrected chi connectivity index (χ1v) is 6.52. The summed E-state index contributed by atoms with van der Waals surface area (Å²) >= 11 is 4.96. The van der Waals surface area contributed by atoms with Crippen LogP contribution in [0.25, 0.3) is 0 Å². The van der Waals surface area contributed by atoms with E-state index in [-0.39, 0.29) is 16.8 Å². The molecule has 0 aromatic heterocycles. The summed E-state index contributed by atoms with van der Waals surface area (Å²) in [5.41, 5.74) is 7.30. The molecule has 0 saturated heterocycles. The average Bonchev–Trinajstić information content (AvgIpc) is 2.27. The number of aryl methyl sites for hydroxylation is 1. The van der Waals surface area contributed by atoms with E-state index in [9.17, 15) is 4.79 Å². The first-order valence-electron chi connectivity index (χ1n) is 6.11. The molecule has 0 fully saturated rings. The zero-order valence-corrected chi connectivity index (χ0v) is 12.5. The molecule has 5 heteroatoms. The molecule has 0 radical (unpaired) electrons. The van der Waals surface area contributed by atoms with Crippen LogP contribution < -0.4 is 15.8 Å². The van der Waals surface area contributed by atoms with Gasteiger partial charge in [-0.15, -0.1) is 0 Å². The lowest BCUT2D eigenvalue weighted by Gasteiger charge is -2.20. The van der Waals surface area contributed by atoms with Crippen LogP contribution in [0.4, 0.5) is 5.69 Å². The first-order chi connectivity index (χ1) is 8.86. The lowest BCUT2D eigenvalue weighted by molar-refractivity contribution is -0.118. The van der Waals surface area contributed by atoms with E-state index in [1.807, 2.05) is 39.0 Å². The number of benzene rings is 1. The smallest absolute Gasteiger partial charge is 0.234 e. The van der Waals surface area contributed by atoms with Gasteiger partial charge in [-0.25, -0.2) is 0 Å². The number of hydrogen-bond donors (Lipinski definition) is 2. The molecule has 0 saturated carbocycles. The Labute approximate surface area is 119 Å². The van der Waals surface area contributed by atoms with Crippen molar-refractivity contribution in [3.05, 3.63) is 23.8 Å². The van der Waals surface area contributed by atoms with Crippen LogP contribution in [0.1, 0.15) is 19.4 Å². The second kappa shape index (κ2) is 6.52. The zero-order chi connectivity index (χ0) is 14.6. The van der Waals surface area contributed by atoms with Crippen molar-refractivity contribution in [1.82, 2.24) is 0 Å². The van der Waals surface area contributed by atoms with E-state index in [1.54, 1.807) is 7.11 Å². The maximum atomic E-state index is 12.2. The molecule has 0 aliphatic carbocycles. The number of nitrogens with one attached hydrogen (secondary N) is 1. The van der Waals surface area contributed by atoms with Gasteiger partial charge < -0.3 is 15.8 Å². The molecule has 0 heterocycles. The molecule has 0 bridgehead atoms. The topological polar surface area (TPSA) is 64.3 Å². The molecule has 0 aliphatic rings. The summed E-state index contributed by atoms with van der Waals surface area (Å²) in [7, 11) is 1.56. The van der Waals surface area contributed by atoms with Crippen molar-refractivity contribution >= 4 is 28.8 Å². The van der Waals surface area contributed by atoms with Crippen LogP contribution in [0, 0.1) is 18.8 Å². The summed E-state index contributed by atoms with van der Waals surface area (Å²) in [4.78, 5) is 12.4. The maximum absolute atomic E-state index is 12.2. The first kappa shape index (κ1) is 15.4. The van der Waals surface area contributed by atoms with Crippen molar-refractivity contribution in [1.29, 1.82) is 0 Å². The molecule has 0 spiro atoms. The Hall–Kier alpha value is -1.62. The van der Waals surface area contributed by atoms with Crippen molar-refractivity contribution in [2.24, 2.45) is 17.6 Å². The highest BCUT2D eigenvalue weighted by Gasteiger charge is 2.25. The molecule has 1 atom stereocenters. The summed E-state index contributed by atoms with van der Waals surface area (Å²) < 4.78 is 5.22. The number of nitrogens with two attached hydrogens (primary N) is 1. The Morgan fingerprint density at radius 1 is 1.42 bits per heavy atom. The lowest BCUT2D eigenvalue weighted by Crippen LogP contribution is -2.36. The van der Waals surface area contributed by atoms with Crippen LogP contribution in [0.2, 0.25) is 0 Å². The third-order valence-electron chi connectivity index (χ3n) is 2.87. The van der Waals surface area contributed by atoms with Crippen LogP contribution in [0.5, 0.6) is 5.75 Å². The van der Waals surface area contributed by atoms with E-state index in [4.69, 9.17) is 22.7 Å². The molecule has 19 heavy (non-hydrogen) atoms. The Morgan fingerprint density at radius 2 is 2.05 bits per heavy atom.